The lowest BCUT2D eigenvalue weighted by atomic mass is 10.2. The summed E-state index contributed by atoms with van der Waals surface area (Å²) in [7, 11) is -3.63. The molecule has 8 nitrogen and oxygen atoms in total. The smallest absolute Gasteiger partial charge is 0.338 e. The molecule has 2 saturated heterocycles. The van der Waals surface area contributed by atoms with E-state index in [0.29, 0.717) is 38.3 Å². The van der Waals surface area contributed by atoms with Crippen molar-refractivity contribution in [2.45, 2.75) is 37.5 Å². The Morgan fingerprint density at radius 3 is 2.07 bits per heavy atom. The highest BCUT2D eigenvalue weighted by Gasteiger charge is 2.30. The maximum atomic E-state index is 12.9. The molecule has 166 valence electrons. The van der Waals surface area contributed by atoms with Crippen LogP contribution in [-0.2, 0) is 19.6 Å². The van der Waals surface area contributed by atoms with Crippen LogP contribution in [0.3, 0.4) is 0 Å². The molecule has 3 rings (SSSR count). The van der Waals surface area contributed by atoms with Gasteiger partial charge in [-0.3, -0.25) is 9.69 Å². The maximum absolute atomic E-state index is 12.9. The van der Waals surface area contributed by atoms with Crippen LogP contribution >= 0.6 is 0 Å². The molecule has 2 aliphatic heterocycles. The van der Waals surface area contributed by atoms with E-state index in [0.717, 1.165) is 25.9 Å². The Hall–Kier alpha value is -1.97. The second-order valence-corrected chi connectivity index (χ2v) is 9.66. The fourth-order valence-corrected chi connectivity index (χ4v) is 5.29. The number of hydrogen-bond acceptors (Lipinski definition) is 6. The van der Waals surface area contributed by atoms with Crippen molar-refractivity contribution in [3.05, 3.63) is 29.8 Å². The van der Waals surface area contributed by atoms with Gasteiger partial charge in [0.15, 0.2) is 0 Å². The number of rotatable bonds is 6. The molecule has 9 heteroatoms. The molecule has 1 amide bonds. The average Bonchev–Trinajstić information content (AvgIpc) is 3.04. The Kier molecular flexibility index (Phi) is 7.85. The first-order chi connectivity index (χ1) is 14.4. The summed E-state index contributed by atoms with van der Waals surface area (Å²) in [4.78, 5) is 28.4. The summed E-state index contributed by atoms with van der Waals surface area (Å²) in [5.74, 6) is -0.327. The molecule has 0 unspecified atom stereocenters. The topological polar surface area (TPSA) is 87.2 Å². The molecule has 0 aromatic heterocycles. The normalized spacial score (nSPS) is 19.3. The monoisotopic (exact) mass is 437 g/mol. The first kappa shape index (κ1) is 22.7. The SMILES string of the molecule is CCOC(=O)c1ccc(S(=O)(=O)N2CCN(CC(=O)N3CCCCCC3)CC2)cc1. The molecular formula is C21H31N3O5S. The highest BCUT2D eigenvalue weighted by molar-refractivity contribution is 7.89. The zero-order valence-electron chi connectivity index (χ0n) is 17.6. The molecule has 1 aromatic carbocycles. The summed E-state index contributed by atoms with van der Waals surface area (Å²) < 4.78 is 32.2. The van der Waals surface area contributed by atoms with E-state index in [1.54, 1.807) is 6.92 Å². The quantitative estimate of drug-likeness (QED) is 0.628. The molecule has 0 spiro atoms. The minimum Gasteiger partial charge on any atom is -0.462 e. The highest BCUT2D eigenvalue weighted by Crippen LogP contribution is 2.19. The number of sulfonamides is 1. The summed E-state index contributed by atoms with van der Waals surface area (Å²) in [5, 5.41) is 0. The minimum atomic E-state index is -3.63. The van der Waals surface area contributed by atoms with Gasteiger partial charge in [-0.1, -0.05) is 12.8 Å². The predicted octanol–water partition coefficient (Wildman–Crippen LogP) is 1.57. The van der Waals surface area contributed by atoms with Crippen molar-refractivity contribution in [1.82, 2.24) is 14.1 Å². The van der Waals surface area contributed by atoms with Crippen LogP contribution in [0.15, 0.2) is 29.2 Å². The number of nitrogens with zero attached hydrogens (tertiary/aromatic N) is 3. The Labute approximate surface area is 178 Å². The van der Waals surface area contributed by atoms with Crippen LogP contribution in [0.5, 0.6) is 0 Å². The van der Waals surface area contributed by atoms with Crippen molar-refractivity contribution < 1.29 is 22.7 Å². The number of ether oxygens (including phenoxy) is 1. The summed E-state index contributed by atoms with van der Waals surface area (Å²) in [6, 6.07) is 5.83. The summed E-state index contributed by atoms with van der Waals surface area (Å²) in [6.07, 6.45) is 4.49. The van der Waals surface area contributed by atoms with Gasteiger partial charge in [0.05, 0.1) is 23.6 Å². The molecule has 1 aromatic rings. The zero-order chi connectivity index (χ0) is 21.6. The van der Waals surface area contributed by atoms with Gasteiger partial charge in [-0.2, -0.15) is 4.31 Å². The highest BCUT2D eigenvalue weighted by atomic mass is 32.2. The van der Waals surface area contributed by atoms with Crippen LogP contribution in [-0.4, -0.2) is 86.8 Å². The Bertz CT molecular complexity index is 825. The molecule has 2 aliphatic rings. The lowest BCUT2D eigenvalue weighted by Gasteiger charge is -2.34. The number of hydrogen-bond donors (Lipinski definition) is 0. The lowest BCUT2D eigenvalue weighted by molar-refractivity contribution is -0.132. The van der Waals surface area contributed by atoms with Crippen LogP contribution in [0.2, 0.25) is 0 Å². The van der Waals surface area contributed by atoms with Crippen molar-refractivity contribution in [1.29, 1.82) is 0 Å². The standard InChI is InChI=1S/C21H31N3O5S/c1-2-29-21(26)18-7-9-19(10-8-18)30(27,28)24-15-13-22(14-16-24)17-20(25)23-11-5-3-4-6-12-23/h7-10H,2-6,11-17H2,1H3. The van der Waals surface area contributed by atoms with Crippen LogP contribution in [0, 0.1) is 0 Å². The van der Waals surface area contributed by atoms with Gasteiger partial charge in [0, 0.05) is 39.3 Å². The molecular weight excluding hydrogens is 406 g/mol. The van der Waals surface area contributed by atoms with E-state index in [9.17, 15) is 18.0 Å². The fraction of sp³-hybridized carbons (Fsp3) is 0.619. The number of likely N-dealkylation sites (tertiary alicyclic amines) is 1. The van der Waals surface area contributed by atoms with E-state index in [2.05, 4.69) is 0 Å². The van der Waals surface area contributed by atoms with E-state index in [1.807, 2.05) is 9.80 Å². The van der Waals surface area contributed by atoms with Crippen molar-refractivity contribution in [3.63, 3.8) is 0 Å². The number of carbonyl (C=O) groups excluding carboxylic acids is 2. The molecule has 2 fully saturated rings. The molecule has 0 N–H and O–H groups in total. The first-order valence-electron chi connectivity index (χ1n) is 10.7. The van der Waals surface area contributed by atoms with E-state index < -0.39 is 16.0 Å². The maximum Gasteiger partial charge on any atom is 0.338 e. The van der Waals surface area contributed by atoms with Gasteiger partial charge in [-0.25, -0.2) is 13.2 Å². The third-order valence-electron chi connectivity index (χ3n) is 5.65. The van der Waals surface area contributed by atoms with E-state index >= 15 is 0 Å². The number of amides is 1. The molecule has 0 radical (unpaired) electrons. The Morgan fingerprint density at radius 1 is 0.900 bits per heavy atom. The van der Waals surface area contributed by atoms with E-state index in [1.165, 1.54) is 41.4 Å². The number of esters is 1. The third-order valence-corrected chi connectivity index (χ3v) is 7.56. The van der Waals surface area contributed by atoms with Gasteiger partial charge in [0.2, 0.25) is 15.9 Å². The number of carbonyl (C=O) groups is 2. The van der Waals surface area contributed by atoms with Gasteiger partial charge >= 0.3 is 5.97 Å². The average molecular weight is 438 g/mol. The summed E-state index contributed by atoms with van der Waals surface area (Å²) in [5.41, 5.74) is 0.327. The second-order valence-electron chi connectivity index (χ2n) is 7.72. The zero-order valence-corrected chi connectivity index (χ0v) is 18.4. The minimum absolute atomic E-state index is 0.141. The second kappa shape index (κ2) is 10.4. The summed E-state index contributed by atoms with van der Waals surface area (Å²) in [6.45, 7) is 5.73. The molecule has 2 heterocycles. The Balaban J connectivity index is 1.54. The van der Waals surface area contributed by atoms with Crippen LogP contribution in [0.4, 0.5) is 0 Å². The predicted molar refractivity (Wildman–Crippen MR) is 113 cm³/mol. The summed E-state index contributed by atoms with van der Waals surface area (Å²) >= 11 is 0. The molecule has 0 atom stereocenters. The van der Waals surface area contributed by atoms with Crippen molar-refractivity contribution >= 4 is 21.9 Å². The largest absolute Gasteiger partial charge is 0.462 e. The molecule has 30 heavy (non-hydrogen) atoms. The van der Waals surface area contributed by atoms with Gasteiger partial charge in [0.25, 0.3) is 0 Å². The third kappa shape index (κ3) is 5.59. The van der Waals surface area contributed by atoms with Crippen LogP contribution in [0.1, 0.15) is 43.0 Å². The van der Waals surface area contributed by atoms with Gasteiger partial charge in [-0.15, -0.1) is 0 Å². The van der Waals surface area contributed by atoms with Crippen LogP contribution in [0.25, 0.3) is 0 Å². The molecule has 0 aliphatic carbocycles. The van der Waals surface area contributed by atoms with Crippen molar-refractivity contribution in [2.75, 3.05) is 52.4 Å². The molecule has 0 saturated carbocycles. The number of benzene rings is 1. The van der Waals surface area contributed by atoms with E-state index in [4.69, 9.17) is 4.74 Å². The first-order valence-corrected chi connectivity index (χ1v) is 12.1. The number of piperazine rings is 1. The van der Waals surface area contributed by atoms with Gasteiger partial charge < -0.3 is 9.64 Å². The van der Waals surface area contributed by atoms with Crippen LogP contribution < -0.4 is 0 Å². The lowest BCUT2D eigenvalue weighted by Crippen LogP contribution is -2.51. The molecule has 0 bridgehead atoms. The van der Waals surface area contributed by atoms with E-state index in [-0.39, 0.29) is 17.4 Å². The van der Waals surface area contributed by atoms with Gasteiger partial charge in [0.1, 0.15) is 0 Å². The van der Waals surface area contributed by atoms with Gasteiger partial charge in [-0.05, 0) is 44.0 Å². The Morgan fingerprint density at radius 2 is 1.50 bits per heavy atom. The van der Waals surface area contributed by atoms with Crippen molar-refractivity contribution in [2.24, 2.45) is 0 Å². The fourth-order valence-electron chi connectivity index (χ4n) is 3.87. The van der Waals surface area contributed by atoms with Crippen molar-refractivity contribution in [3.8, 4) is 0 Å².